The molecule has 1 aromatic carbocycles. The molecule has 1 unspecified atom stereocenters. The molecule has 1 atom stereocenters. The van der Waals surface area contributed by atoms with Gasteiger partial charge in [-0.25, -0.2) is 9.07 Å². The van der Waals surface area contributed by atoms with Gasteiger partial charge in [0.05, 0.1) is 22.4 Å². The Bertz CT molecular complexity index is 990. The molecule has 154 valence electrons. The number of benzene rings is 1. The van der Waals surface area contributed by atoms with Crippen LogP contribution in [-0.2, 0) is 4.74 Å². The molecule has 2 aromatic heterocycles. The van der Waals surface area contributed by atoms with Crippen LogP contribution in [0, 0.1) is 12.7 Å². The monoisotopic (exact) mass is 415 g/mol. The lowest BCUT2D eigenvalue weighted by molar-refractivity contribution is -0.00373. The van der Waals surface area contributed by atoms with Crippen molar-refractivity contribution in [2.75, 3.05) is 19.7 Å². The zero-order chi connectivity index (χ0) is 20.4. The molecule has 1 aliphatic heterocycles. The second-order valence-corrected chi connectivity index (χ2v) is 8.57. The van der Waals surface area contributed by atoms with Gasteiger partial charge in [-0.2, -0.15) is 5.10 Å². The van der Waals surface area contributed by atoms with E-state index in [2.05, 4.69) is 12.0 Å². The average Bonchev–Trinajstić information content (AvgIpc) is 3.29. The van der Waals surface area contributed by atoms with Gasteiger partial charge >= 0.3 is 0 Å². The predicted molar refractivity (Wildman–Crippen MR) is 113 cm³/mol. The molecule has 5 nitrogen and oxygen atoms in total. The number of hydrogen-bond donors (Lipinski definition) is 0. The van der Waals surface area contributed by atoms with Gasteiger partial charge in [0.25, 0.3) is 5.91 Å². The van der Waals surface area contributed by atoms with Crippen molar-refractivity contribution in [1.82, 2.24) is 14.7 Å². The van der Waals surface area contributed by atoms with Gasteiger partial charge in [-0.3, -0.25) is 4.79 Å². The molecule has 0 saturated carbocycles. The van der Waals surface area contributed by atoms with Crippen molar-refractivity contribution in [2.24, 2.45) is 0 Å². The van der Waals surface area contributed by atoms with Gasteiger partial charge in [-0.15, -0.1) is 11.3 Å². The fourth-order valence-corrected chi connectivity index (χ4v) is 4.96. The minimum atomic E-state index is -0.281. The molecule has 29 heavy (non-hydrogen) atoms. The zero-order valence-electron chi connectivity index (χ0n) is 16.9. The van der Waals surface area contributed by atoms with E-state index in [9.17, 15) is 9.18 Å². The highest BCUT2D eigenvalue weighted by Crippen LogP contribution is 2.31. The fraction of sp³-hybridized carbons (Fsp3) is 0.455. The minimum Gasteiger partial charge on any atom is -0.376 e. The third kappa shape index (κ3) is 4.21. The van der Waals surface area contributed by atoms with Gasteiger partial charge < -0.3 is 9.64 Å². The number of hydrogen-bond acceptors (Lipinski definition) is 4. The first-order valence-electron chi connectivity index (χ1n) is 10.2. The molecular weight excluding hydrogens is 389 g/mol. The van der Waals surface area contributed by atoms with E-state index >= 15 is 0 Å². The Labute approximate surface area is 174 Å². The molecular formula is C22H26FN3O2S. The van der Waals surface area contributed by atoms with Crippen LogP contribution in [0.4, 0.5) is 4.39 Å². The summed E-state index contributed by atoms with van der Waals surface area (Å²) in [6.45, 7) is 6.17. The molecule has 7 heteroatoms. The Morgan fingerprint density at radius 1 is 1.34 bits per heavy atom. The van der Waals surface area contributed by atoms with Crippen LogP contribution in [0.25, 0.3) is 15.9 Å². The largest absolute Gasteiger partial charge is 0.376 e. The van der Waals surface area contributed by atoms with Gasteiger partial charge in [0.1, 0.15) is 10.6 Å². The summed E-state index contributed by atoms with van der Waals surface area (Å²) >= 11 is 1.44. The number of carbonyl (C=O) groups is 1. The maximum Gasteiger partial charge on any atom is 0.264 e. The number of nitrogens with zero attached hydrogens (tertiary/aromatic N) is 3. The summed E-state index contributed by atoms with van der Waals surface area (Å²) < 4.78 is 20.9. The first-order chi connectivity index (χ1) is 14.1. The maximum absolute atomic E-state index is 13.3. The van der Waals surface area contributed by atoms with E-state index in [-0.39, 0.29) is 17.8 Å². The summed E-state index contributed by atoms with van der Waals surface area (Å²) in [5.74, 6) is -0.233. The van der Waals surface area contributed by atoms with Crippen LogP contribution in [0.15, 0.2) is 30.3 Å². The van der Waals surface area contributed by atoms with Gasteiger partial charge in [0, 0.05) is 25.1 Å². The highest BCUT2D eigenvalue weighted by Gasteiger charge is 2.24. The number of carbonyl (C=O) groups excluding carboxylic acids is 1. The number of rotatable bonds is 6. The first kappa shape index (κ1) is 20.0. The van der Waals surface area contributed by atoms with Crippen LogP contribution in [0.3, 0.4) is 0 Å². The van der Waals surface area contributed by atoms with E-state index in [4.69, 9.17) is 4.74 Å². The van der Waals surface area contributed by atoms with Gasteiger partial charge in [-0.1, -0.05) is 6.92 Å². The summed E-state index contributed by atoms with van der Waals surface area (Å²) in [7, 11) is 0. The van der Waals surface area contributed by atoms with Crippen molar-refractivity contribution < 1.29 is 13.9 Å². The molecule has 0 aliphatic carbocycles. The first-order valence-corrected chi connectivity index (χ1v) is 11.0. The number of aryl methyl sites for hydroxylation is 1. The number of halogens is 1. The Morgan fingerprint density at radius 2 is 2.14 bits per heavy atom. The summed E-state index contributed by atoms with van der Waals surface area (Å²) in [4.78, 5) is 16.8. The van der Waals surface area contributed by atoms with Crippen molar-refractivity contribution in [2.45, 2.75) is 45.6 Å². The minimum absolute atomic E-state index is 0.0484. The van der Waals surface area contributed by atoms with E-state index in [1.54, 1.807) is 16.8 Å². The molecule has 1 aliphatic rings. The topological polar surface area (TPSA) is 47.4 Å². The Balaban J connectivity index is 1.62. The third-order valence-corrected chi connectivity index (χ3v) is 6.40. The molecule has 0 radical (unpaired) electrons. The molecule has 1 amide bonds. The van der Waals surface area contributed by atoms with Crippen molar-refractivity contribution in [3.05, 3.63) is 46.7 Å². The second kappa shape index (κ2) is 8.63. The lowest BCUT2D eigenvalue weighted by Gasteiger charge is -2.29. The van der Waals surface area contributed by atoms with Crippen LogP contribution in [0.2, 0.25) is 0 Å². The fourth-order valence-electron chi connectivity index (χ4n) is 3.81. The molecule has 1 fully saturated rings. The van der Waals surface area contributed by atoms with Crippen molar-refractivity contribution in [3.8, 4) is 5.69 Å². The van der Waals surface area contributed by atoms with E-state index < -0.39 is 0 Å². The molecule has 4 rings (SSSR count). The molecule has 0 N–H and O–H groups in total. The number of thiophene rings is 1. The van der Waals surface area contributed by atoms with E-state index in [1.807, 2.05) is 17.9 Å². The van der Waals surface area contributed by atoms with Crippen LogP contribution in [0.5, 0.6) is 0 Å². The molecule has 0 spiro atoms. The maximum atomic E-state index is 13.3. The summed E-state index contributed by atoms with van der Waals surface area (Å²) in [6, 6.07) is 8.18. The Kier molecular flexibility index (Phi) is 5.96. The SMILES string of the molecule is CCCN(CC1CCCCO1)C(=O)c1cc2c(C)nn(-c3ccc(F)cc3)c2s1. The normalized spacial score (nSPS) is 17.0. The summed E-state index contributed by atoms with van der Waals surface area (Å²) in [5.41, 5.74) is 1.64. The lowest BCUT2D eigenvalue weighted by Crippen LogP contribution is -2.40. The number of fused-ring (bicyclic) bond motifs is 1. The van der Waals surface area contributed by atoms with E-state index in [1.165, 1.54) is 23.5 Å². The molecule has 1 saturated heterocycles. The van der Waals surface area contributed by atoms with Crippen LogP contribution < -0.4 is 0 Å². The average molecular weight is 416 g/mol. The van der Waals surface area contributed by atoms with Gasteiger partial charge in [0.2, 0.25) is 0 Å². The number of amides is 1. The van der Waals surface area contributed by atoms with E-state index in [0.29, 0.717) is 11.4 Å². The summed E-state index contributed by atoms with van der Waals surface area (Å²) in [5, 5.41) is 5.55. The summed E-state index contributed by atoms with van der Waals surface area (Å²) in [6.07, 6.45) is 4.32. The Hall–Kier alpha value is -2.25. The number of aromatic nitrogens is 2. The smallest absolute Gasteiger partial charge is 0.264 e. The zero-order valence-corrected chi connectivity index (χ0v) is 17.7. The van der Waals surface area contributed by atoms with Crippen molar-refractivity contribution in [1.29, 1.82) is 0 Å². The van der Waals surface area contributed by atoms with E-state index in [0.717, 1.165) is 60.4 Å². The standard InChI is InChI=1S/C22H26FN3O2S/c1-3-11-25(14-18-6-4-5-12-28-18)21(27)20-13-19-15(2)24-26(22(19)29-20)17-9-7-16(23)8-10-17/h7-10,13,18H,3-6,11-12,14H2,1-2H3. The van der Waals surface area contributed by atoms with Crippen LogP contribution in [0.1, 0.15) is 48.0 Å². The van der Waals surface area contributed by atoms with Crippen molar-refractivity contribution in [3.63, 3.8) is 0 Å². The third-order valence-electron chi connectivity index (χ3n) is 5.31. The van der Waals surface area contributed by atoms with Crippen LogP contribution >= 0.6 is 11.3 Å². The molecule has 3 aromatic rings. The Morgan fingerprint density at radius 3 is 2.83 bits per heavy atom. The number of ether oxygens (including phenoxy) is 1. The molecule has 0 bridgehead atoms. The van der Waals surface area contributed by atoms with Gasteiger partial charge in [-0.05, 0) is 62.9 Å². The quantitative estimate of drug-likeness (QED) is 0.572. The molecule has 3 heterocycles. The predicted octanol–water partition coefficient (Wildman–Crippen LogP) is 4.96. The van der Waals surface area contributed by atoms with Crippen LogP contribution in [-0.4, -0.2) is 46.4 Å². The second-order valence-electron chi connectivity index (χ2n) is 7.54. The van der Waals surface area contributed by atoms with Crippen molar-refractivity contribution >= 4 is 27.5 Å². The highest BCUT2D eigenvalue weighted by molar-refractivity contribution is 7.20. The highest BCUT2D eigenvalue weighted by atomic mass is 32.1. The lowest BCUT2D eigenvalue weighted by atomic mass is 10.1. The van der Waals surface area contributed by atoms with Gasteiger partial charge in [0.15, 0.2) is 0 Å².